The second-order valence-corrected chi connectivity index (χ2v) is 9.05. The monoisotopic (exact) mass is 388 g/mol. The fourth-order valence-corrected chi connectivity index (χ4v) is 4.36. The summed E-state index contributed by atoms with van der Waals surface area (Å²) in [6.07, 6.45) is 3.53. The van der Waals surface area contributed by atoms with E-state index < -0.39 is 5.60 Å². The molecule has 1 amide bonds. The van der Waals surface area contributed by atoms with E-state index in [2.05, 4.69) is 4.90 Å². The highest BCUT2D eigenvalue weighted by Crippen LogP contribution is 2.35. The van der Waals surface area contributed by atoms with Crippen molar-refractivity contribution in [3.63, 3.8) is 0 Å². The van der Waals surface area contributed by atoms with Gasteiger partial charge in [0.05, 0.1) is 5.03 Å². The molecule has 2 atom stereocenters. The maximum atomic E-state index is 12.5. The quantitative estimate of drug-likeness (QED) is 0.579. The largest absolute Gasteiger partial charge is 0.444 e. The van der Waals surface area contributed by atoms with Gasteiger partial charge in [-0.05, 0) is 27.0 Å². The molecular weight excluding hydrogens is 360 g/mol. The van der Waals surface area contributed by atoms with Crippen LogP contribution in [0.4, 0.5) is 4.79 Å². The zero-order valence-electron chi connectivity index (χ0n) is 16.5. The van der Waals surface area contributed by atoms with Crippen molar-refractivity contribution in [1.82, 2.24) is 9.80 Å². The molecule has 1 aromatic carbocycles. The molecule has 5 nitrogen and oxygen atoms in total. The Morgan fingerprint density at radius 1 is 1.04 bits per heavy atom. The predicted octanol–water partition coefficient (Wildman–Crippen LogP) is 3.87. The topological polar surface area (TPSA) is 49.9 Å². The summed E-state index contributed by atoms with van der Waals surface area (Å²) in [5.41, 5.74) is 0.243. The summed E-state index contributed by atoms with van der Waals surface area (Å²) in [5, 5.41) is 1.00. The lowest BCUT2D eigenvalue weighted by Gasteiger charge is -2.27. The highest BCUT2D eigenvalue weighted by Gasteiger charge is 2.43. The second-order valence-electron chi connectivity index (χ2n) is 8.23. The molecule has 27 heavy (non-hydrogen) atoms. The van der Waals surface area contributed by atoms with Crippen LogP contribution in [0, 0.1) is 11.8 Å². The molecule has 0 aliphatic carbocycles. The Labute approximate surface area is 165 Å². The first-order chi connectivity index (χ1) is 12.8. The number of ether oxygens (including phenoxy) is 1. The molecule has 2 unspecified atom stereocenters. The number of carbonyl (C=O) groups excluding carboxylic acids is 2. The molecular formula is C21H28N2O3S. The lowest BCUT2D eigenvalue weighted by molar-refractivity contribution is 0.0277. The zero-order valence-corrected chi connectivity index (χ0v) is 17.3. The minimum Gasteiger partial charge on any atom is -0.444 e. The molecule has 0 radical (unpaired) electrons. The van der Waals surface area contributed by atoms with E-state index in [0.29, 0.717) is 17.4 Å². The van der Waals surface area contributed by atoms with E-state index in [0.717, 1.165) is 31.2 Å². The number of hydrogen-bond acceptors (Lipinski definition) is 5. The highest BCUT2D eigenvalue weighted by atomic mass is 32.2. The van der Waals surface area contributed by atoms with E-state index in [1.807, 2.05) is 62.3 Å². The third-order valence-corrected chi connectivity index (χ3v) is 5.77. The molecule has 0 N–H and O–H groups in total. The standard InChI is InChI=1S/C21H28N2O3S/c1-21(2,3)26-20(25)23-13-16-11-22(12-17(16)14-23)19(27-4)10-18(24)15-8-6-5-7-9-15/h5-10,16-17H,11-14H2,1-4H3. The van der Waals surface area contributed by atoms with Gasteiger partial charge in [-0.25, -0.2) is 4.79 Å². The Morgan fingerprint density at radius 3 is 2.11 bits per heavy atom. The van der Waals surface area contributed by atoms with Gasteiger partial charge in [-0.3, -0.25) is 4.79 Å². The van der Waals surface area contributed by atoms with Crippen LogP contribution in [-0.2, 0) is 4.74 Å². The predicted molar refractivity (Wildman–Crippen MR) is 109 cm³/mol. The Morgan fingerprint density at radius 2 is 1.59 bits per heavy atom. The second kappa shape index (κ2) is 7.97. The normalized spacial score (nSPS) is 22.7. The first-order valence-electron chi connectivity index (χ1n) is 9.35. The van der Waals surface area contributed by atoms with Crippen LogP contribution in [0.3, 0.4) is 0 Å². The van der Waals surface area contributed by atoms with Crippen LogP contribution >= 0.6 is 11.8 Å². The Balaban J connectivity index is 1.61. The zero-order chi connectivity index (χ0) is 19.6. The summed E-state index contributed by atoms with van der Waals surface area (Å²) in [7, 11) is 0. The molecule has 0 bridgehead atoms. The van der Waals surface area contributed by atoms with Crippen molar-refractivity contribution < 1.29 is 14.3 Å². The van der Waals surface area contributed by atoms with Crippen molar-refractivity contribution in [2.75, 3.05) is 32.4 Å². The number of hydrogen-bond donors (Lipinski definition) is 0. The molecule has 0 aromatic heterocycles. The van der Waals surface area contributed by atoms with Gasteiger partial charge in [0.15, 0.2) is 5.78 Å². The van der Waals surface area contributed by atoms with Crippen molar-refractivity contribution in [2.45, 2.75) is 26.4 Å². The number of thioether (sulfide) groups is 1. The van der Waals surface area contributed by atoms with Crippen molar-refractivity contribution >= 4 is 23.6 Å². The molecule has 2 aliphatic rings. The van der Waals surface area contributed by atoms with Crippen LogP contribution in [0.15, 0.2) is 41.4 Å². The van der Waals surface area contributed by atoms with Crippen LogP contribution < -0.4 is 0 Å². The van der Waals surface area contributed by atoms with Gasteiger partial charge in [-0.15, -0.1) is 11.8 Å². The first kappa shape index (κ1) is 19.8. The third kappa shape index (κ3) is 4.86. The number of fused-ring (bicyclic) bond motifs is 1. The molecule has 2 aliphatic heterocycles. The Bertz CT molecular complexity index is 713. The fraction of sp³-hybridized carbons (Fsp3) is 0.524. The van der Waals surface area contributed by atoms with Gasteiger partial charge in [0.2, 0.25) is 0 Å². The van der Waals surface area contributed by atoms with Crippen LogP contribution in [0.2, 0.25) is 0 Å². The van der Waals surface area contributed by atoms with E-state index in [-0.39, 0.29) is 11.9 Å². The van der Waals surface area contributed by atoms with Gasteiger partial charge < -0.3 is 14.5 Å². The van der Waals surface area contributed by atoms with E-state index in [4.69, 9.17) is 4.74 Å². The van der Waals surface area contributed by atoms with E-state index in [1.165, 1.54) is 0 Å². The Kier molecular flexibility index (Phi) is 5.84. The molecule has 2 fully saturated rings. The number of carbonyl (C=O) groups is 2. The molecule has 2 saturated heterocycles. The van der Waals surface area contributed by atoms with E-state index >= 15 is 0 Å². The number of benzene rings is 1. The van der Waals surface area contributed by atoms with Gasteiger partial charge in [0, 0.05) is 49.7 Å². The van der Waals surface area contributed by atoms with Crippen LogP contribution in [0.1, 0.15) is 31.1 Å². The first-order valence-corrected chi connectivity index (χ1v) is 10.6. The smallest absolute Gasteiger partial charge is 0.410 e. The molecule has 3 rings (SSSR count). The summed E-state index contributed by atoms with van der Waals surface area (Å²) in [5.74, 6) is 0.896. The number of rotatable bonds is 4. The summed E-state index contributed by atoms with van der Waals surface area (Å²) in [6, 6.07) is 9.35. The number of allylic oxidation sites excluding steroid dienone is 1. The van der Waals surface area contributed by atoms with E-state index in [1.54, 1.807) is 17.8 Å². The summed E-state index contributed by atoms with van der Waals surface area (Å²) >= 11 is 1.60. The summed E-state index contributed by atoms with van der Waals surface area (Å²) in [4.78, 5) is 28.9. The minimum absolute atomic E-state index is 0.0346. The summed E-state index contributed by atoms with van der Waals surface area (Å²) < 4.78 is 5.50. The van der Waals surface area contributed by atoms with Crippen molar-refractivity contribution in [1.29, 1.82) is 0 Å². The van der Waals surface area contributed by atoms with Gasteiger partial charge in [0.1, 0.15) is 5.60 Å². The van der Waals surface area contributed by atoms with Crippen LogP contribution in [0.5, 0.6) is 0 Å². The molecule has 2 heterocycles. The van der Waals surface area contributed by atoms with Crippen molar-refractivity contribution in [3.05, 3.63) is 47.0 Å². The lowest BCUT2D eigenvalue weighted by Crippen LogP contribution is -2.37. The van der Waals surface area contributed by atoms with Gasteiger partial charge in [-0.1, -0.05) is 30.3 Å². The maximum Gasteiger partial charge on any atom is 0.410 e. The number of ketones is 1. The number of likely N-dealkylation sites (tertiary alicyclic amines) is 2. The average molecular weight is 389 g/mol. The Hall–Kier alpha value is -1.95. The number of amides is 1. The molecule has 6 heteroatoms. The highest BCUT2D eigenvalue weighted by molar-refractivity contribution is 8.02. The average Bonchev–Trinajstić information content (AvgIpc) is 3.17. The lowest BCUT2D eigenvalue weighted by atomic mass is 10.0. The van der Waals surface area contributed by atoms with Gasteiger partial charge >= 0.3 is 6.09 Å². The van der Waals surface area contributed by atoms with Crippen molar-refractivity contribution in [2.24, 2.45) is 11.8 Å². The van der Waals surface area contributed by atoms with Crippen molar-refractivity contribution in [3.8, 4) is 0 Å². The molecule has 0 spiro atoms. The van der Waals surface area contributed by atoms with E-state index in [9.17, 15) is 9.59 Å². The van der Waals surface area contributed by atoms with Gasteiger partial charge in [0.25, 0.3) is 0 Å². The van der Waals surface area contributed by atoms with Crippen LogP contribution in [-0.4, -0.2) is 59.7 Å². The third-order valence-electron chi connectivity index (χ3n) is 4.97. The minimum atomic E-state index is -0.465. The molecule has 1 aromatic rings. The number of nitrogens with zero attached hydrogens (tertiary/aromatic N) is 2. The fourth-order valence-electron chi connectivity index (χ4n) is 3.73. The van der Waals surface area contributed by atoms with Gasteiger partial charge in [-0.2, -0.15) is 0 Å². The SMILES string of the molecule is CSC(=CC(=O)c1ccccc1)N1CC2CN(C(=O)OC(C)(C)C)CC2C1. The molecule has 146 valence electrons. The van der Waals surface area contributed by atoms with Crippen LogP contribution in [0.25, 0.3) is 0 Å². The maximum absolute atomic E-state index is 12.5. The molecule has 0 saturated carbocycles. The summed E-state index contributed by atoms with van der Waals surface area (Å²) in [6.45, 7) is 8.88.